The molecule has 27 heavy (non-hydrogen) atoms. The normalized spacial score (nSPS) is 16.9. The lowest BCUT2D eigenvalue weighted by atomic mass is 9.94. The first-order valence-electron chi connectivity index (χ1n) is 8.56. The molecule has 4 aromatic rings. The van der Waals surface area contributed by atoms with Gasteiger partial charge in [0.2, 0.25) is 0 Å². The first-order chi connectivity index (χ1) is 13.2. The number of rotatable bonds is 2. The van der Waals surface area contributed by atoms with Gasteiger partial charge in [-0.3, -0.25) is 0 Å². The van der Waals surface area contributed by atoms with E-state index >= 15 is 0 Å². The number of halogens is 2. The van der Waals surface area contributed by atoms with Crippen molar-refractivity contribution in [2.24, 2.45) is 0 Å². The highest BCUT2D eigenvalue weighted by Crippen LogP contribution is 2.54. The van der Waals surface area contributed by atoms with Gasteiger partial charge in [0.25, 0.3) is 0 Å². The predicted octanol–water partition coefficient (Wildman–Crippen LogP) is 8.29. The first-order valence-corrected chi connectivity index (χ1v) is 12.3. The minimum absolute atomic E-state index is 0.441. The van der Waals surface area contributed by atoms with Gasteiger partial charge >= 0.3 is 0 Å². The largest absolute Gasteiger partial charge is 0.0830 e. The minimum atomic E-state index is -0.441. The minimum Gasteiger partial charge on any atom is -0.0830 e. The van der Waals surface area contributed by atoms with Gasteiger partial charge in [-0.2, -0.15) is 0 Å². The zero-order chi connectivity index (χ0) is 18.4. The van der Waals surface area contributed by atoms with Gasteiger partial charge in [0.1, 0.15) is 0 Å². The molecule has 0 aliphatic carbocycles. The highest BCUT2D eigenvalue weighted by Gasteiger charge is 2.22. The number of benzene rings is 4. The van der Waals surface area contributed by atoms with Crippen molar-refractivity contribution in [3.05, 3.63) is 101 Å². The van der Waals surface area contributed by atoms with E-state index in [4.69, 9.17) is 22.3 Å². The summed E-state index contributed by atoms with van der Waals surface area (Å²) in [6, 6.07) is 27.1. The number of hydrogen-bond acceptors (Lipinski definition) is 1. The summed E-state index contributed by atoms with van der Waals surface area (Å²) in [5.41, 5.74) is 2.40. The Kier molecular flexibility index (Phi) is 4.53. The molecule has 1 heterocycles. The highest BCUT2D eigenvalue weighted by molar-refractivity contribution is 8.95. The Balaban J connectivity index is 1.83. The van der Waals surface area contributed by atoms with Crippen molar-refractivity contribution in [2.45, 2.75) is 0 Å². The lowest BCUT2D eigenvalue weighted by Gasteiger charge is -2.14. The van der Waals surface area contributed by atoms with Gasteiger partial charge in [0.15, 0.2) is 0 Å². The molecule has 0 nitrogen and oxygen atoms in total. The Bertz CT molecular complexity index is 1200. The molecular formula is C23H14Cl2S2. The fourth-order valence-corrected chi connectivity index (χ4v) is 7.73. The van der Waals surface area contributed by atoms with E-state index in [2.05, 4.69) is 66.7 Å². The average Bonchev–Trinajstić information content (AvgIpc) is 3.10. The molecule has 1 unspecified atom stereocenters. The summed E-state index contributed by atoms with van der Waals surface area (Å²) in [6.07, 6.45) is 2.25. The maximum absolute atomic E-state index is 6.87. The second-order valence-electron chi connectivity index (χ2n) is 6.33. The van der Waals surface area contributed by atoms with Crippen molar-refractivity contribution >= 4 is 73.1 Å². The van der Waals surface area contributed by atoms with Crippen molar-refractivity contribution in [1.29, 1.82) is 0 Å². The molecule has 0 bridgehead atoms. The van der Waals surface area contributed by atoms with Crippen LogP contribution in [-0.2, 0) is 0 Å². The van der Waals surface area contributed by atoms with Crippen LogP contribution in [0.3, 0.4) is 0 Å². The molecule has 4 heteroatoms. The van der Waals surface area contributed by atoms with Crippen molar-refractivity contribution in [2.75, 3.05) is 0 Å². The van der Waals surface area contributed by atoms with Gasteiger partial charge in [0.05, 0.1) is 5.02 Å². The number of allylic oxidation sites excluding steroid dienone is 1. The van der Waals surface area contributed by atoms with Crippen molar-refractivity contribution in [1.82, 2.24) is 0 Å². The van der Waals surface area contributed by atoms with E-state index < -0.39 is 8.73 Å². The Labute approximate surface area is 173 Å². The summed E-state index contributed by atoms with van der Waals surface area (Å²) < 4.78 is 0. The summed E-state index contributed by atoms with van der Waals surface area (Å²) >= 11 is 6.75. The fraction of sp³-hybridized carbons (Fsp3) is 0. The van der Waals surface area contributed by atoms with Crippen LogP contribution in [0.25, 0.3) is 26.5 Å². The van der Waals surface area contributed by atoms with Crippen LogP contribution < -0.4 is 0 Å². The van der Waals surface area contributed by atoms with Crippen LogP contribution in [0.5, 0.6) is 0 Å². The third kappa shape index (κ3) is 2.92. The number of fused-ring (bicyclic) bond motifs is 2. The quantitative estimate of drug-likeness (QED) is 0.177. The molecule has 0 aromatic heterocycles. The van der Waals surface area contributed by atoms with Gasteiger partial charge < -0.3 is 0 Å². The monoisotopic (exact) mass is 424 g/mol. The van der Waals surface area contributed by atoms with E-state index in [1.165, 1.54) is 20.9 Å². The van der Waals surface area contributed by atoms with Gasteiger partial charge in [-0.05, 0) is 52.6 Å². The molecule has 1 aliphatic heterocycles. The van der Waals surface area contributed by atoms with Crippen LogP contribution in [0, 0.1) is 0 Å². The molecule has 0 fully saturated rings. The molecule has 1 aliphatic rings. The maximum Gasteiger partial charge on any atom is 0.0563 e. The SMILES string of the molecule is Clc1c2ccccc2c(C2=S(Cl)SC(c3ccccc3)=C2)c2ccccc12. The summed E-state index contributed by atoms with van der Waals surface area (Å²) in [5, 5.41) is 5.25. The smallest absolute Gasteiger partial charge is 0.0563 e. The molecule has 5 rings (SSSR count). The zero-order valence-corrected chi connectivity index (χ0v) is 17.3. The molecule has 0 N–H and O–H groups in total. The zero-order valence-electron chi connectivity index (χ0n) is 14.2. The summed E-state index contributed by atoms with van der Waals surface area (Å²) in [7, 11) is 8.15. The van der Waals surface area contributed by atoms with Gasteiger partial charge in [-0.1, -0.05) is 90.5 Å². The lowest BCUT2D eigenvalue weighted by molar-refractivity contribution is 1.66. The average molecular weight is 425 g/mol. The highest BCUT2D eigenvalue weighted by atomic mass is 35.7. The van der Waals surface area contributed by atoms with E-state index in [0.717, 1.165) is 26.6 Å². The maximum atomic E-state index is 6.87. The van der Waals surface area contributed by atoms with Crippen LogP contribution in [0.15, 0.2) is 84.9 Å². The van der Waals surface area contributed by atoms with Crippen LogP contribution in [0.2, 0.25) is 5.02 Å². The molecule has 0 saturated carbocycles. The third-order valence-electron chi connectivity index (χ3n) is 4.77. The first kappa shape index (κ1) is 17.4. The molecule has 0 saturated heterocycles. The van der Waals surface area contributed by atoms with E-state index in [0.29, 0.717) is 0 Å². The van der Waals surface area contributed by atoms with Crippen molar-refractivity contribution in [3.8, 4) is 0 Å². The van der Waals surface area contributed by atoms with E-state index in [1.54, 1.807) is 10.8 Å². The Morgan fingerprint density at radius 2 is 1.19 bits per heavy atom. The Morgan fingerprint density at radius 3 is 1.78 bits per heavy atom. The molecule has 4 aromatic carbocycles. The second kappa shape index (κ2) is 7.03. The second-order valence-corrected chi connectivity index (χ2v) is 11.2. The molecular weight excluding hydrogens is 411 g/mol. The van der Waals surface area contributed by atoms with Crippen molar-refractivity contribution in [3.63, 3.8) is 0 Å². The van der Waals surface area contributed by atoms with Crippen molar-refractivity contribution < 1.29 is 0 Å². The van der Waals surface area contributed by atoms with Crippen LogP contribution >= 0.6 is 41.8 Å². The van der Waals surface area contributed by atoms with Gasteiger partial charge in [-0.25, -0.2) is 0 Å². The van der Waals surface area contributed by atoms with Gasteiger partial charge in [0, 0.05) is 26.1 Å². The molecule has 1 atom stereocenters. The Hall–Kier alpha value is -1.71. The summed E-state index contributed by atoms with van der Waals surface area (Å²) in [6.45, 7) is 0. The lowest BCUT2D eigenvalue weighted by Crippen LogP contribution is -1.98. The summed E-state index contributed by atoms with van der Waals surface area (Å²) in [5.74, 6) is 0. The third-order valence-corrected chi connectivity index (χ3v) is 9.10. The molecule has 132 valence electrons. The standard InChI is InChI=1S/C23H14Cl2S2/c24-23-18-12-6-4-10-16(18)22(17-11-5-7-13-19(17)23)21-14-20(26-27(21)25)15-8-2-1-3-9-15/h1-14H. The predicted molar refractivity (Wildman–Crippen MR) is 126 cm³/mol. The van der Waals surface area contributed by atoms with E-state index in [9.17, 15) is 0 Å². The van der Waals surface area contributed by atoms with Gasteiger partial charge in [-0.15, -0.1) is 0 Å². The number of hydrogen-bond donors (Lipinski definition) is 0. The van der Waals surface area contributed by atoms with Crippen LogP contribution in [-0.4, -0.2) is 4.86 Å². The van der Waals surface area contributed by atoms with E-state index in [-0.39, 0.29) is 0 Å². The van der Waals surface area contributed by atoms with E-state index in [1.807, 2.05) is 18.2 Å². The fourth-order valence-electron chi connectivity index (χ4n) is 3.54. The molecule has 0 amide bonds. The summed E-state index contributed by atoms with van der Waals surface area (Å²) in [4.78, 5) is 2.39. The van der Waals surface area contributed by atoms with Crippen LogP contribution in [0.1, 0.15) is 11.1 Å². The Morgan fingerprint density at radius 1 is 0.667 bits per heavy atom. The molecule has 0 spiro atoms. The van der Waals surface area contributed by atoms with Crippen LogP contribution in [0.4, 0.5) is 0 Å². The topological polar surface area (TPSA) is 0 Å². The molecule has 0 radical (unpaired) electrons.